The van der Waals surface area contributed by atoms with Gasteiger partial charge in [-0.3, -0.25) is 4.79 Å². The molecule has 3 rings (SSSR count). The summed E-state index contributed by atoms with van der Waals surface area (Å²) in [5.74, 6) is 0.151. The van der Waals surface area contributed by atoms with Crippen molar-refractivity contribution in [3.8, 4) is 0 Å². The maximum Gasteiger partial charge on any atom is 0.416 e. The Labute approximate surface area is 153 Å². The van der Waals surface area contributed by atoms with E-state index >= 15 is 0 Å². The zero-order valence-corrected chi connectivity index (χ0v) is 14.4. The highest BCUT2D eigenvalue weighted by molar-refractivity contribution is 6.29. The first kappa shape index (κ1) is 18.4. The van der Waals surface area contributed by atoms with Crippen LogP contribution < -0.4 is 10.2 Å². The van der Waals surface area contributed by atoms with Crippen molar-refractivity contribution in [3.63, 3.8) is 0 Å². The van der Waals surface area contributed by atoms with Gasteiger partial charge >= 0.3 is 6.18 Å². The molecule has 1 fully saturated rings. The summed E-state index contributed by atoms with van der Waals surface area (Å²) >= 11 is 5.72. The van der Waals surface area contributed by atoms with Crippen molar-refractivity contribution in [2.75, 3.05) is 23.3 Å². The van der Waals surface area contributed by atoms with Crippen LogP contribution in [0.2, 0.25) is 5.15 Å². The van der Waals surface area contributed by atoms with Crippen LogP contribution in [0.4, 0.5) is 24.7 Å². The zero-order valence-electron chi connectivity index (χ0n) is 13.6. The lowest BCUT2D eigenvalue weighted by atomic mass is 9.95. The number of anilines is 2. The van der Waals surface area contributed by atoms with Gasteiger partial charge in [-0.15, -0.1) is 10.2 Å². The second-order valence-electron chi connectivity index (χ2n) is 6.04. The van der Waals surface area contributed by atoms with Crippen molar-refractivity contribution >= 4 is 29.0 Å². The molecule has 0 bridgehead atoms. The molecule has 138 valence electrons. The van der Waals surface area contributed by atoms with Gasteiger partial charge in [-0.1, -0.05) is 17.7 Å². The van der Waals surface area contributed by atoms with Crippen LogP contribution in [0, 0.1) is 5.92 Å². The number of hydrogen-bond acceptors (Lipinski definition) is 4. The van der Waals surface area contributed by atoms with E-state index in [4.69, 9.17) is 11.6 Å². The molecule has 1 aliphatic rings. The standard InChI is InChI=1S/C17H16ClF3N4O/c18-14-4-5-15(24-23-14)25-8-6-11(7-9-25)16(26)22-13-3-1-2-12(10-13)17(19,20)21/h1-5,10-11H,6-9H2,(H,22,26). The minimum atomic E-state index is -4.44. The molecule has 0 unspecified atom stereocenters. The van der Waals surface area contributed by atoms with Gasteiger partial charge in [0.2, 0.25) is 5.91 Å². The smallest absolute Gasteiger partial charge is 0.355 e. The summed E-state index contributed by atoms with van der Waals surface area (Å²) < 4.78 is 38.3. The number of hydrogen-bond donors (Lipinski definition) is 1. The molecule has 1 saturated heterocycles. The van der Waals surface area contributed by atoms with Crippen LogP contribution in [0.25, 0.3) is 0 Å². The predicted octanol–water partition coefficient (Wildman–Crippen LogP) is 4.00. The first-order chi connectivity index (χ1) is 12.3. The molecule has 0 aliphatic carbocycles. The summed E-state index contributed by atoms with van der Waals surface area (Å²) in [6.45, 7) is 1.22. The lowest BCUT2D eigenvalue weighted by Crippen LogP contribution is -2.38. The SMILES string of the molecule is O=C(Nc1cccc(C(F)(F)F)c1)C1CCN(c2ccc(Cl)nn2)CC1. The molecular weight excluding hydrogens is 369 g/mol. The predicted molar refractivity (Wildman–Crippen MR) is 92.1 cm³/mol. The Balaban J connectivity index is 1.58. The molecule has 1 amide bonds. The Morgan fingerprint density at radius 2 is 1.88 bits per heavy atom. The van der Waals surface area contributed by atoms with E-state index in [-0.39, 0.29) is 17.5 Å². The topological polar surface area (TPSA) is 58.1 Å². The monoisotopic (exact) mass is 384 g/mol. The van der Waals surface area contributed by atoms with E-state index in [1.807, 2.05) is 4.90 Å². The van der Waals surface area contributed by atoms with E-state index in [1.54, 1.807) is 12.1 Å². The van der Waals surface area contributed by atoms with Crippen molar-refractivity contribution in [2.24, 2.45) is 5.92 Å². The van der Waals surface area contributed by atoms with E-state index in [9.17, 15) is 18.0 Å². The Bertz CT molecular complexity index is 774. The summed E-state index contributed by atoms with van der Waals surface area (Å²) in [6.07, 6.45) is -3.28. The van der Waals surface area contributed by atoms with Crippen molar-refractivity contribution in [1.82, 2.24) is 10.2 Å². The number of nitrogens with zero attached hydrogens (tertiary/aromatic N) is 3. The van der Waals surface area contributed by atoms with Crippen LogP contribution in [0.5, 0.6) is 0 Å². The van der Waals surface area contributed by atoms with Crippen LogP contribution in [0.3, 0.4) is 0 Å². The second-order valence-corrected chi connectivity index (χ2v) is 6.43. The first-order valence-corrected chi connectivity index (χ1v) is 8.43. The molecule has 1 aromatic carbocycles. The van der Waals surface area contributed by atoms with Crippen LogP contribution in [-0.2, 0) is 11.0 Å². The third-order valence-corrected chi connectivity index (χ3v) is 4.47. The highest BCUT2D eigenvalue weighted by Crippen LogP contribution is 2.31. The molecule has 5 nitrogen and oxygen atoms in total. The minimum Gasteiger partial charge on any atom is -0.355 e. The number of nitrogens with one attached hydrogen (secondary N) is 1. The fraction of sp³-hybridized carbons (Fsp3) is 0.353. The van der Waals surface area contributed by atoms with Gasteiger partial charge in [-0.2, -0.15) is 13.2 Å². The molecule has 1 aromatic heterocycles. The lowest BCUT2D eigenvalue weighted by Gasteiger charge is -2.31. The average Bonchev–Trinajstić information content (AvgIpc) is 2.62. The zero-order chi connectivity index (χ0) is 18.7. The Kier molecular flexibility index (Phi) is 5.31. The van der Waals surface area contributed by atoms with E-state index < -0.39 is 11.7 Å². The van der Waals surface area contributed by atoms with Crippen LogP contribution in [0.1, 0.15) is 18.4 Å². The number of amides is 1. The average molecular weight is 385 g/mol. The quantitative estimate of drug-likeness (QED) is 0.868. The van der Waals surface area contributed by atoms with Gasteiger partial charge in [0.15, 0.2) is 11.0 Å². The molecular formula is C17H16ClF3N4O. The van der Waals surface area contributed by atoms with E-state index in [0.29, 0.717) is 36.9 Å². The highest BCUT2D eigenvalue weighted by Gasteiger charge is 2.31. The number of carbonyl (C=O) groups is 1. The third-order valence-electron chi connectivity index (χ3n) is 4.27. The fourth-order valence-electron chi connectivity index (χ4n) is 2.87. The van der Waals surface area contributed by atoms with E-state index in [2.05, 4.69) is 15.5 Å². The van der Waals surface area contributed by atoms with Crippen molar-refractivity contribution in [3.05, 3.63) is 47.1 Å². The van der Waals surface area contributed by atoms with E-state index in [1.165, 1.54) is 12.1 Å². The van der Waals surface area contributed by atoms with Gasteiger partial charge in [0, 0.05) is 24.7 Å². The van der Waals surface area contributed by atoms with Crippen LogP contribution in [0.15, 0.2) is 36.4 Å². The summed E-state index contributed by atoms with van der Waals surface area (Å²) in [5, 5.41) is 10.7. The molecule has 0 atom stereocenters. The number of alkyl halides is 3. The molecule has 0 radical (unpaired) electrons. The Hall–Kier alpha value is -2.35. The fourth-order valence-corrected chi connectivity index (χ4v) is 2.97. The van der Waals surface area contributed by atoms with Crippen molar-refractivity contribution in [2.45, 2.75) is 19.0 Å². The number of aromatic nitrogens is 2. The van der Waals surface area contributed by atoms with Crippen molar-refractivity contribution < 1.29 is 18.0 Å². The summed E-state index contributed by atoms with van der Waals surface area (Å²) in [4.78, 5) is 14.4. The van der Waals surface area contributed by atoms with Gasteiger partial charge in [0.1, 0.15) is 0 Å². The number of benzene rings is 1. The molecule has 0 spiro atoms. The molecule has 1 aliphatic heterocycles. The maximum atomic E-state index is 12.8. The second kappa shape index (κ2) is 7.49. The van der Waals surface area contributed by atoms with Gasteiger partial charge in [-0.25, -0.2) is 0 Å². The van der Waals surface area contributed by atoms with Gasteiger partial charge in [0.05, 0.1) is 5.56 Å². The number of halogens is 4. The summed E-state index contributed by atoms with van der Waals surface area (Å²) in [6, 6.07) is 8.05. The van der Waals surface area contributed by atoms with Crippen molar-refractivity contribution in [1.29, 1.82) is 0 Å². The molecule has 2 heterocycles. The van der Waals surface area contributed by atoms with Gasteiger partial charge in [0.25, 0.3) is 0 Å². The lowest BCUT2D eigenvalue weighted by molar-refractivity contribution is -0.137. The molecule has 9 heteroatoms. The van der Waals surface area contributed by atoms with E-state index in [0.717, 1.165) is 12.1 Å². The van der Waals surface area contributed by atoms with Gasteiger partial charge in [-0.05, 0) is 43.2 Å². The van der Waals surface area contributed by atoms with Crippen LogP contribution in [-0.4, -0.2) is 29.2 Å². The first-order valence-electron chi connectivity index (χ1n) is 8.05. The molecule has 26 heavy (non-hydrogen) atoms. The molecule has 2 aromatic rings. The normalized spacial score (nSPS) is 15.8. The summed E-state index contributed by atoms with van der Waals surface area (Å²) in [5.41, 5.74) is -0.637. The molecule has 1 N–H and O–H groups in total. The summed E-state index contributed by atoms with van der Waals surface area (Å²) in [7, 11) is 0. The maximum absolute atomic E-state index is 12.8. The number of piperidine rings is 1. The Morgan fingerprint density at radius 1 is 1.15 bits per heavy atom. The van der Waals surface area contributed by atoms with Gasteiger partial charge < -0.3 is 10.2 Å². The minimum absolute atomic E-state index is 0.149. The molecule has 0 saturated carbocycles. The largest absolute Gasteiger partial charge is 0.416 e. The highest BCUT2D eigenvalue weighted by atomic mass is 35.5. The number of rotatable bonds is 3. The number of carbonyl (C=O) groups excluding carboxylic acids is 1. The van der Waals surface area contributed by atoms with Crippen LogP contribution >= 0.6 is 11.6 Å². The Morgan fingerprint density at radius 3 is 2.50 bits per heavy atom. The third kappa shape index (κ3) is 4.43.